The normalized spacial score (nSPS) is 12.6. The summed E-state index contributed by atoms with van der Waals surface area (Å²) >= 11 is 3.32. The van der Waals surface area contributed by atoms with E-state index in [9.17, 15) is 9.90 Å². The molecule has 1 unspecified atom stereocenters. The molecule has 22 heavy (non-hydrogen) atoms. The van der Waals surface area contributed by atoms with Gasteiger partial charge in [-0.25, -0.2) is 0 Å². The average Bonchev–Trinajstić information content (AvgIpc) is 3.05. The highest BCUT2D eigenvalue weighted by Crippen LogP contribution is 2.12. The van der Waals surface area contributed by atoms with Gasteiger partial charge in [-0.1, -0.05) is 0 Å². The molecular weight excluding hydrogens is 352 g/mol. The van der Waals surface area contributed by atoms with E-state index in [4.69, 9.17) is 4.42 Å². The highest BCUT2D eigenvalue weighted by atomic mass is 79.9. The molecule has 120 valence electrons. The van der Waals surface area contributed by atoms with Crippen LogP contribution in [-0.2, 0) is 6.54 Å². The molecule has 0 aliphatic heterocycles. The summed E-state index contributed by atoms with van der Waals surface area (Å²) in [6.45, 7) is 1.11. The van der Waals surface area contributed by atoms with Gasteiger partial charge < -0.3 is 19.7 Å². The molecule has 1 atom stereocenters. The van der Waals surface area contributed by atoms with E-state index in [1.54, 1.807) is 23.0 Å². The lowest BCUT2D eigenvalue weighted by atomic mass is 10.3. The molecule has 0 bridgehead atoms. The minimum atomic E-state index is -0.616. The van der Waals surface area contributed by atoms with Crippen LogP contribution in [0.25, 0.3) is 0 Å². The molecule has 2 aromatic heterocycles. The highest BCUT2D eigenvalue weighted by molar-refractivity contribution is 9.10. The van der Waals surface area contributed by atoms with Crippen LogP contribution in [0.2, 0.25) is 0 Å². The van der Waals surface area contributed by atoms with Crippen LogP contribution in [0.3, 0.4) is 0 Å². The number of halogens is 1. The molecule has 0 radical (unpaired) electrons. The number of amides is 1. The Morgan fingerprint density at radius 1 is 1.55 bits per heavy atom. The number of hydrogen-bond donors (Lipinski definition) is 2. The molecule has 8 heteroatoms. The quantitative estimate of drug-likeness (QED) is 0.757. The maximum absolute atomic E-state index is 11.9. The lowest BCUT2D eigenvalue weighted by Gasteiger charge is -2.15. The number of furan rings is 1. The number of aliphatic hydroxyl groups excluding tert-OH is 1. The third kappa shape index (κ3) is 4.97. The third-order valence-electron chi connectivity index (χ3n) is 2.88. The van der Waals surface area contributed by atoms with Gasteiger partial charge in [0.05, 0.1) is 23.3 Å². The van der Waals surface area contributed by atoms with E-state index in [-0.39, 0.29) is 18.2 Å². The van der Waals surface area contributed by atoms with Gasteiger partial charge in [0.25, 0.3) is 5.91 Å². The lowest BCUT2D eigenvalue weighted by molar-refractivity contribution is 0.0864. The van der Waals surface area contributed by atoms with Crippen molar-refractivity contribution >= 4 is 21.8 Å². The number of carbonyl (C=O) groups is 1. The second-order valence-electron chi connectivity index (χ2n) is 5.25. The van der Waals surface area contributed by atoms with Crippen molar-refractivity contribution in [2.75, 3.05) is 27.2 Å². The van der Waals surface area contributed by atoms with E-state index in [1.165, 1.54) is 0 Å². The monoisotopic (exact) mass is 370 g/mol. The van der Waals surface area contributed by atoms with Crippen LogP contribution in [0.15, 0.2) is 33.4 Å². The van der Waals surface area contributed by atoms with Crippen molar-refractivity contribution in [3.63, 3.8) is 0 Å². The molecule has 2 heterocycles. The maximum Gasteiger partial charge on any atom is 0.287 e. The third-order valence-corrected chi connectivity index (χ3v) is 3.29. The summed E-state index contributed by atoms with van der Waals surface area (Å²) in [5, 5.41) is 16.5. The first kappa shape index (κ1) is 16.7. The zero-order chi connectivity index (χ0) is 16.1. The lowest BCUT2D eigenvalue weighted by Crippen LogP contribution is -2.37. The molecule has 2 N–H and O–H groups in total. The minimum absolute atomic E-state index is 0.180. The van der Waals surface area contributed by atoms with E-state index >= 15 is 0 Å². The van der Waals surface area contributed by atoms with Gasteiger partial charge in [0, 0.05) is 19.3 Å². The molecule has 0 saturated heterocycles. The summed E-state index contributed by atoms with van der Waals surface area (Å²) in [4.78, 5) is 13.8. The molecule has 0 saturated carbocycles. The average molecular weight is 371 g/mol. The molecular formula is C14H19BrN4O3. The topological polar surface area (TPSA) is 83.5 Å². The zero-order valence-electron chi connectivity index (χ0n) is 12.5. The minimum Gasteiger partial charge on any atom is -0.454 e. The van der Waals surface area contributed by atoms with Gasteiger partial charge in [0.15, 0.2) is 5.76 Å². The van der Waals surface area contributed by atoms with Crippen molar-refractivity contribution in [1.29, 1.82) is 0 Å². The first-order valence-electron chi connectivity index (χ1n) is 6.81. The van der Waals surface area contributed by atoms with Crippen LogP contribution in [0.4, 0.5) is 0 Å². The van der Waals surface area contributed by atoms with Gasteiger partial charge in [0.2, 0.25) is 0 Å². The zero-order valence-corrected chi connectivity index (χ0v) is 14.1. The Morgan fingerprint density at radius 3 is 2.95 bits per heavy atom. The number of hydrogen-bond acceptors (Lipinski definition) is 5. The molecule has 0 aliphatic carbocycles. The molecule has 2 rings (SSSR count). The Balaban J connectivity index is 1.86. The molecule has 0 aliphatic rings. The number of aliphatic hydroxyl groups is 1. The van der Waals surface area contributed by atoms with Crippen molar-refractivity contribution in [3.05, 3.63) is 40.5 Å². The largest absolute Gasteiger partial charge is 0.454 e. The first-order chi connectivity index (χ1) is 10.4. The fraction of sp³-hybridized carbons (Fsp3) is 0.429. The van der Waals surface area contributed by atoms with Crippen molar-refractivity contribution in [1.82, 2.24) is 20.0 Å². The van der Waals surface area contributed by atoms with E-state index < -0.39 is 6.10 Å². The van der Waals surface area contributed by atoms with Crippen LogP contribution in [0, 0.1) is 0 Å². The molecule has 0 fully saturated rings. The summed E-state index contributed by atoms with van der Waals surface area (Å²) in [6.07, 6.45) is 2.89. The van der Waals surface area contributed by atoms with Crippen molar-refractivity contribution in [2.45, 2.75) is 12.6 Å². The van der Waals surface area contributed by atoms with Crippen LogP contribution in [0.5, 0.6) is 0 Å². The van der Waals surface area contributed by atoms with Crippen LogP contribution in [-0.4, -0.2) is 59.0 Å². The molecule has 0 spiro atoms. The smallest absolute Gasteiger partial charge is 0.287 e. The number of aromatic nitrogens is 2. The maximum atomic E-state index is 11.9. The number of nitrogens with one attached hydrogen (secondary N) is 1. The summed E-state index contributed by atoms with van der Waals surface area (Å²) < 4.78 is 8.07. The summed E-state index contributed by atoms with van der Waals surface area (Å²) in [5.74, 6) is 0.513. The molecule has 1 amide bonds. The highest BCUT2D eigenvalue weighted by Gasteiger charge is 2.13. The predicted molar refractivity (Wildman–Crippen MR) is 84.6 cm³/mol. The Kier molecular flexibility index (Phi) is 5.76. The summed E-state index contributed by atoms with van der Waals surface area (Å²) in [6, 6.07) is 3.35. The summed E-state index contributed by atoms with van der Waals surface area (Å²) in [5.41, 5.74) is 0. The number of nitrogens with zero attached hydrogens (tertiary/aromatic N) is 3. The standard InChI is InChI=1S/C14H19BrN4O3/c1-18(2)8-11(20)6-16-14(21)13-4-3-12(22-13)9-19-7-10(15)5-17-19/h3-5,7,11,20H,6,8-9H2,1-2H3,(H,16,21). The van der Waals surface area contributed by atoms with E-state index in [2.05, 4.69) is 26.3 Å². The number of likely N-dealkylation sites (N-methyl/N-ethyl adjacent to an activating group) is 1. The summed E-state index contributed by atoms with van der Waals surface area (Å²) in [7, 11) is 3.72. The fourth-order valence-electron chi connectivity index (χ4n) is 1.95. The number of rotatable bonds is 7. The van der Waals surface area contributed by atoms with E-state index in [1.807, 2.05) is 25.2 Å². The Bertz CT molecular complexity index is 623. The first-order valence-corrected chi connectivity index (χ1v) is 7.61. The van der Waals surface area contributed by atoms with E-state index in [0.29, 0.717) is 18.8 Å². The van der Waals surface area contributed by atoms with E-state index in [0.717, 1.165) is 4.47 Å². The molecule has 7 nitrogen and oxygen atoms in total. The number of carbonyl (C=O) groups excluding carboxylic acids is 1. The van der Waals surface area contributed by atoms with Crippen molar-refractivity contribution < 1.29 is 14.3 Å². The second-order valence-corrected chi connectivity index (χ2v) is 6.16. The van der Waals surface area contributed by atoms with Crippen molar-refractivity contribution in [2.24, 2.45) is 0 Å². The van der Waals surface area contributed by atoms with Gasteiger partial charge >= 0.3 is 0 Å². The molecule has 0 aromatic carbocycles. The Hall–Kier alpha value is -1.64. The van der Waals surface area contributed by atoms with Gasteiger partial charge in [-0.15, -0.1) is 0 Å². The SMILES string of the molecule is CN(C)CC(O)CNC(=O)c1ccc(Cn2cc(Br)cn2)o1. The van der Waals surface area contributed by atoms with Crippen molar-refractivity contribution in [3.8, 4) is 0 Å². The van der Waals surface area contributed by atoms with Gasteiger partial charge in [-0.3, -0.25) is 9.48 Å². The fourth-order valence-corrected chi connectivity index (χ4v) is 2.28. The van der Waals surface area contributed by atoms with Crippen LogP contribution in [0.1, 0.15) is 16.3 Å². The Labute approximate surface area is 137 Å². The van der Waals surface area contributed by atoms with Gasteiger partial charge in [0.1, 0.15) is 5.76 Å². The van der Waals surface area contributed by atoms with Crippen LogP contribution >= 0.6 is 15.9 Å². The van der Waals surface area contributed by atoms with Gasteiger partial charge in [-0.05, 0) is 42.2 Å². The van der Waals surface area contributed by atoms with Gasteiger partial charge in [-0.2, -0.15) is 5.10 Å². The Morgan fingerprint density at radius 2 is 2.32 bits per heavy atom. The van der Waals surface area contributed by atoms with Crippen LogP contribution < -0.4 is 5.32 Å². The predicted octanol–water partition coefficient (Wildman–Crippen LogP) is 0.939. The molecule has 2 aromatic rings. The second kappa shape index (κ2) is 7.57.